The van der Waals surface area contributed by atoms with Crippen molar-refractivity contribution in [3.8, 4) is 0 Å². The van der Waals surface area contributed by atoms with E-state index < -0.39 is 10.0 Å². The number of rotatable bonds is 6. The lowest BCUT2D eigenvalue weighted by Gasteiger charge is -2.26. The van der Waals surface area contributed by atoms with E-state index in [0.29, 0.717) is 18.0 Å². The van der Waals surface area contributed by atoms with Crippen molar-refractivity contribution in [3.63, 3.8) is 0 Å². The van der Waals surface area contributed by atoms with Gasteiger partial charge in [-0.25, -0.2) is 12.7 Å². The van der Waals surface area contributed by atoms with Gasteiger partial charge in [0.15, 0.2) is 0 Å². The molecule has 0 spiro atoms. The molecule has 0 aliphatic carbocycles. The first kappa shape index (κ1) is 16.4. The van der Waals surface area contributed by atoms with Crippen LogP contribution in [-0.4, -0.2) is 44.6 Å². The number of hydrogen-bond donors (Lipinski definition) is 1. The molecular weight excluding hydrogens is 290 g/mol. The standard InChI is InChI=1S/C15H23NO4S/c1-16(10-13-5-7-20-8-6-13)21(18,19)12-15-4-2-3-14(9-15)11-17/h2-4,9,13,17H,5-8,10-12H2,1H3. The van der Waals surface area contributed by atoms with Gasteiger partial charge in [0, 0.05) is 26.8 Å². The number of aliphatic hydroxyl groups excluding tert-OH is 1. The lowest BCUT2D eigenvalue weighted by atomic mass is 10.0. The van der Waals surface area contributed by atoms with Crippen molar-refractivity contribution in [1.29, 1.82) is 0 Å². The Labute approximate surface area is 126 Å². The number of nitrogens with zero attached hydrogens (tertiary/aromatic N) is 1. The first-order valence-electron chi connectivity index (χ1n) is 7.21. The van der Waals surface area contributed by atoms with Crippen molar-refractivity contribution in [3.05, 3.63) is 35.4 Å². The summed E-state index contributed by atoms with van der Waals surface area (Å²) in [6.07, 6.45) is 1.83. The molecule has 0 bridgehead atoms. The van der Waals surface area contributed by atoms with E-state index in [1.807, 2.05) is 0 Å². The van der Waals surface area contributed by atoms with Crippen LogP contribution in [0.3, 0.4) is 0 Å². The predicted octanol–water partition coefficient (Wildman–Crippen LogP) is 1.37. The molecule has 2 rings (SSSR count). The van der Waals surface area contributed by atoms with Crippen molar-refractivity contribution in [2.24, 2.45) is 5.92 Å². The van der Waals surface area contributed by atoms with Crippen molar-refractivity contribution in [1.82, 2.24) is 4.31 Å². The molecule has 6 heteroatoms. The van der Waals surface area contributed by atoms with Crippen molar-refractivity contribution < 1.29 is 18.3 Å². The zero-order chi connectivity index (χ0) is 15.3. The summed E-state index contributed by atoms with van der Waals surface area (Å²) in [6.45, 7) is 1.91. The van der Waals surface area contributed by atoms with E-state index in [1.54, 1.807) is 31.3 Å². The SMILES string of the molecule is CN(CC1CCOCC1)S(=O)(=O)Cc1cccc(CO)c1. The van der Waals surface area contributed by atoms with E-state index in [9.17, 15) is 8.42 Å². The van der Waals surface area contributed by atoms with Crippen LogP contribution in [0.4, 0.5) is 0 Å². The molecule has 1 heterocycles. The van der Waals surface area contributed by atoms with Crippen LogP contribution in [-0.2, 0) is 27.1 Å². The highest BCUT2D eigenvalue weighted by atomic mass is 32.2. The van der Waals surface area contributed by atoms with Crippen LogP contribution in [0.15, 0.2) is 24.3 Å². The molecule has 1 saturated heterocycles. The number of benzene rings is 1. The van der Waals surface area contributed by atoms with E-state index >= 15 is 0 Å². The normalized spacial score (nSPS) is 17.3. The van der Waals surface area contributed by atoms with E-state index in [0.717, 1.165) is 31.6 Å². The molecule has 0 saturated carbocycles. The zero-order valence-electron chi connectivity index (χ0n) is 12.4. The van der Waals surface area contributed by atoms with Crippen LogP contribution >= 0.6 is 0 Å². The third-order valence-corrected chi connectivity index (χ3v) is 5.65. The Morgan fingerprint density at radius 3 is 2.62 bits per heavy atom. The Morgan fingerprint density at radius 1 is 1.29 bits per heavy atom. The van der Waals surface area contributed by atoms with Crippen LogP contribution < -0.4 is 0 Å². The largest absolute Gasteiger partial charge is 0.392 e. The second-order valence-electron chi connectivity index (χ2n) is 5.57. The summed E-state index contributed by atoms with van der Waals surface area (Å²) in [5.74, 6) is 0.350. The van der Waals surface area contributed by atoms with Crippen LogP contribution in [0.1, 0.15) is 24.0 Å². The molecule has 21 heavy (non-hydrogen) atoms. The summed E-state index contributed by atoms with van der Waals surface area (Å²) >= 11 is 0. The Bertz CT molecular complexity index is 553. The monoisotopic (exact) mass is 313 g/mol. The van der Waals surface area contributed by atoms with Crippen molar-refractivity contribution in [2.75, 3.05) is 26.8 Å². The van der Waals surface area contributed by atoms with Crippen molar-refractivity contribution >= 4 is 10.0 Å². The number of sulfonamides is 1. The fraction of sp³-hybridized carbons (Fsp3) is 0.600. The van der Waals surface area contributed by atoms with Crippen molar-refractivity contribution in [2.45, 2.75) is 25.2 Å². The highest BCUT2D eigenvalue weighted by Crippen LogP contribution is 2.19. The molecule has 118 valence electrons. The summed E-state index contributed by atoms with van der Waals surface area (Å²) in [5, 5.41) is 9.11. The average molecular weight is 313 g/mol. The summed E-state index contributed by atoms with van der Waals surface area (Å²) < 4.78 is 31.6. The molecule has 1 N–H and O–H groups in total. The van der Waals surface area contributed by atoms with Gasteiger partial charge < -0.3 is 9.84 Å². The molecule has 0 unspecified atom stereocenters. The van der Waals surface area contributed by atoms with Gasteiger partial charge in [0.05, 0.1) is 12.4 Å². The molecule has 0 atom stereocenters. The van der Waals surface area contributed by atoms with Gasteiger partial charge in [-0.2, -0.15) is 0 Å². The maximum Gasteiger partial charge on any atom is 0.218 e. The minimum absolute atomic E-state index is 0.0272. The van der Waals surface area contributed by atoms with Gasteiger partial charge in [-0.15, -0.1) is 0 Å². The highest BCUT2D eigenvalue weighted by Gasteiger charge is 2.23. The predicted molar refractivity (Wildman–Crippen MR) is 81.2 cm³/mol. The van der Waals surface area contributed by atoms with Crippen LogP contribution in [0.2, 0.25) is 0 Å². The second-order valence-corrected chi connectivity index (χ2v) is 7.65. The molecule has 1 aromatic carbocycles. The van der Waals surface area contributed by atoms with Gasteiger partial charge in [0.2, 0.25) is 10.0 Å². The smallest absolute Gasteiger partial charge is 0.218 e. The maximum absolute atomic E-state index is 12.4. The van der Waals surface area contributed by atoms with Gasteiger partial charge in [0.25, 0.3) is 0 Å². The maximum atomic E-state index is 12.4. The van der Waals surface area contributed by atoms with Gasteiger partial charge in [0.1, 0.15) is 0 Å². The third-order valence-electron chi connectivity index (χ3n) is 3.85. The number of ether oxygens (including phenoxy) is 1. The minimum Gasteiger partial charge on any atom is -0.392 e. The van der Waals surface area contributed by atoms with Gasteiger partial charge in [-0.3, -0.25) is 0 Å². The number of aliphatic hydroxyl groups is 1. The first-order chi connectivity index (χ1) is 10.0. The third kappa shape index (κ3) is 4.78. The van der Waals surface area contributed by atoms with Crippen LogP contribution in [0.25, 0.3) is 0 Å². The summed E-state index contributed by atoms with van der Waals surface area (Å²) in [6, 6.07) is 7.07. The lowest BCUT2D eigenvalue weighted by Crippen LogP contribution is -2.34. The van der Waals surface area contributed by atoms with Crippen LogP contribution in [0.5, 0.6) is 0 Å². The summed E-state index contributed by atoms with van der Waals surface area (Å²) in [5.41, 5.74) is 1.44. The zero-order valence-corrected chi connectivity index (χ0v) is 13.2. The highest BCUT2D eigenvalue weighted by molar-refractivity contribution is 7.88. The number of hydrogen-bond acceptors (Lipinski definition) is 4. The molecule has 5 nitrogen and oxygen atoms in total. The molecule has 0 aromatic heterocycles. The molecule has 0 radical (unpaired) electrons. The van der Waals surface area contributed by atoms with Gasteiger partial charge in [-0.05, 0) is 29.9 Å². The Kier molecular flexibility index (Phi) is 5.75. The van der Waals surface area contributed by atoms with Crippen LogP contribution in [0, 0.1) is 5.92 Å². The Hall–Kier alpha value is -0.950. The van der Waals surface area contributed by atoms with E-state index in [2.05, 4.69) is 0 Å². The topological polar surface area (TPSA) is 66.8 Å². The Balaban J connectivity index is 1.99. The van der Waals surface area contributed by atoms with E-state index in [4.69, 9.17) is 9.84 Å². The van der Waals surface area contributed by atoms with Gasteiger partial charge >= 0.3 is 0 Å². The minimum atomic E-state index is -3.33. The fourth-order valence-corrected chi connectivity index (χ4v) is 3.80. The Morgan fingerprint density at radius 2 is 1.95 bits per heavy atom. The molecule has 1 aliphatic rings. The summed E-state index contributed by atoms with van der Waals surface area (Å²) in [4.78, 5) is 0. The quantitative estimate of drug-likeness (QED) is 0.861. The molecule has 1 aliphatic heterocycles. The fourth-order valence-electron chi connectivity index (χ4n) is 2.54. The molecular formula is C15H23NO4S. The summed E-state index contributed by atoms with van der Waals surface area (Å²) in [7, 11) is -1.69. The molecule has 1 fully saturated rings. The molecule has 0 amide bonds. The van der Waals surface area contributed by atoms with Gasteiger partial charge in [-0.1, -0.05) is 24.3 Å². The van der Waals surface area contributed by atoms with E-state index in [1.165, 1.54) is 4.31 Å². The molecule has 1 aromatic rings. The average Bonchev–Trinajstić information content (AvgIpc) is 2.48. The van der Waals surface area contributed by atoms with E-state index in [-0.39, 0.29) is 12.4 Å². The lowest BCUT2D eigenvalue weighted by molar-refractivity contribution is 0.0620. The second kappa shape index (κ2) is 7.35. The first-order valence-corrected chi connectivity index (χ1v) is 8.82.